The third-order valence-corrected chi connectivity index (χ3v) is 6.00. The summed E-state index contributed by atoms with van der Waals surface area (Å²) in [4.78, 5) is 33.1. The number of halogens is 2. The number of benzene rings is 1. The SMILES string of the molecule is CC(C)(C)[C@]1(c2nc3c(oc4ccc(Br)cc43)c(=O)[nH]2)C[C@H](F)CN1C(=O)O. The van der Waals surface area contributed by atoms with Gasteiger partial charge in [0.25, 0.3) is 5.56 Å². The number of likely N-dealkylation sites (tertiary alicyclic amines) is 1. The van der Waals surface area contributed by atoms with Crippen LogP contribution < -0.4 is 5.56 Å². The highest BCUT2D eigenvalue weighted by molar-refractivity contribution is 9.10. The number of amides is 1. The summed E-state index contributed by atoms with van der Waals surface area (Å²) in [6.07, 6.45) is -2.69. The summed E-state index contributed by atoms with van der Waals surface area (Å²) >= 11 is 3.39. The predicted octanol–water partition coefficient (Wildman–Crippen LogP) is 4.40. The number of fused-ring (bicyclic) bond motifs is 3. The van der Waals surface area contributed by atoms with Gasteiger partial charge in [-0.3, -0.25) is 9.69 Å². The van der Waals surface area contributed by atoms with E-state index in [1.54, 1.807) is 18.2 Å². The van der Waals surface area contributed by atoms with Gasteiger partial charge in [-0.05, 0) is 23.6 Å². The van der Waals surface area contributed by atoms with Crippen LogP contribution in [-0.4, -0.2) is 38.8 Å². The molecule has 2 atom stereocenters. The van der Waals surface area contributed by atoms with Crippen LogP contribution in [0.5, 0.6) is 0 Å². The number of alkyl halides is 1. The molecule has 1 amide bonds. The zero-order valence-corrected chi connectivity index (χ0v) is 17.1. The zero-order valence-electron chi connectivity index (χ0n) is 15.5. The molecule has 0 spiro atoms. The minimum Gasteiger partial charge on any atom is -0.465 e. The fourth-order valence-corrected chi connectivity index (χ4v) is 4.56. The Morgan fingerprint density at radius 1 is 1.46 bits per heavy atom. The summed E-state index contributed by atoms with van der Waals surface area (Å²) in [5.41, 5.74) is -1.70. The number of nitrogens with zero attached hydrogens (tertiary/aromatic N) is 2. The highest BCUT2D eigenvalue weighted by atomic mass is 79.9. The van der Waals surface area contributed by atoms with Crippen LogP contribution in [0.3, 0.4) is 0 Å². The first kappa shape index (κ1) is 18.9. The molecule has 2 N–H and O–H groups in total. The van der Waals surface area contributed by atoms with Crippen molar-refractivity contribution < 1.29 is 18.7 Å². The van der Waals surface area contributed by atoms with Crippen molar-refractivity contribution in [2.75, 3.05) is 6.54 Å². The number of aromatic amines is 1. The number of H-pyrrole nitrogens is 1. The summed E-state index contributed by atoms with van der Waals surface area (Å²) in [5.74, 6) is 0.128. The minimum atomic E-state index is -1.36. The molecular formula is C19H19BrFN3O4. The van der Waals surface area contributed by atoms with Gasteiger partial charge < -0.3 is 14.5 Å². The molecule has 3 heterocycles. The lowest BCUT2D eigenvalue weighted by Crippen LogP contribution is -2.54. The van der Waals surface area contributed by atoms with Gasteiger partial charge in [0, 0.05) is 16.3 Å². The fourth-order valence-electron chi connectivity index (χ4n) is 4.20. The molecule has 0 unspecified atom stereocenters. The quantitative estimate of drug-likeness (QED) is 0.571. The van der Waals surface area contributed by atoms with E-state index in [-0.39, 0.29) is 24.4 Å². The van der Waals surface area contributed by atoms with Crippen molar-refractivity contribution in [1.29, 1.82) is 0 Å². The number of nitrogens with one attached hydrogen (secondary N) is 1. The molecule has 7 nitrogen and oxygen atoms in total. The molecule has 0 saturated carbocycles. The molecule has 0 aliphatic carbocycles. The number of hydrogen-bond donors (Lipinski definition) is 2. The van der Waals surface area contributed by atoms with Crippen LogP contribution in [0.1, 0.15) is 33.0 Å². The Bertz CT molecular complexity index is 1170. The molecular weight excluding hydrogens is 433 g/mol. The Labute approximate surface area is 167 Å². The lowest BCUT2D eigenvalue weighted by Gasteiger charge is -2.45. The van der Waals surface area contributed by atoms with E-state index in [1.165, 1.54) is 0 Å². The zero-order chi connectivity index (χ0) is 20.4. The molecule has 1 fully saturated rings. The van der Waals surface area contributed by atoms with Gasteiger partial charge in [-0.25, -0.2) is 14.2 Å². The maximum absolute atomic E-state index is 14.5. The Balaban J connectivity index is 2.08. The maximum atomic E-state index is 14.5. The van der Waals surface area contributed by atoms with E-state index in [0.29, 0.717) is 16.5 Å². The Morgan fingerprint density at radius 2 is 2.18 bits per heavy atom. The van der Waals surface area contributed by atoms with Crippen LogP contribution in [-0.2, 0) is 5.54 Å². The van der Waals surface area contributed by atoms with Gasteiger partial charge in [0.05, 0.1) is 6.54 Å². The monoisotopic (exact) mass is 451 g/mol. The topological polar surface area (TPSA) is 99.4 Å². The normalized spacial score (nSPS) is 23.0. The van der Waals surface area contributed by atoms with Crippen molar-refractivity contribution in [1.82, 2.24) is 14.9 Å². The molecule has 0 radical (unpaired) electrons. The lowest BCUT2D eigenvalue weighted by molar-refractivity contribution is 0.0208. The number of rotatable bonds is 1. The van der Waals surface area contributed by atoms with E-state index in [1.807, 2.05) is 20.8 Å². The second-order valence-corrected chi connectivity index (χ2v) is 9.06. The van der Waals surface area contributed by atoms with Gasteiger partial charge in [-0.15, -0.1) is 0 Å². The number of carbonyl (C=O) groups is 1. The van der Waals surface area contributed by atoms with Crippen LogP contribution in [0, 0.1) is 5.41 Å². The first-order valence-electron chi connectivity index (χ1n) is 8.82. The molecule has 9 heteroatoms. The molecule has 28 heavy (non-hydrogen) atoms. The predicted molar refractivity (Wildman–Crippen MR) is 105 cm³/mol. The van der Waals surface area contributed by atoms with Gasteiger partial charge in [-0.1, -0.05) is 36.7 Å². The average Bonchev–Trinajstić information content (AvgIpc) is 3.13. The van der Waals surface area contributed by atoms with Crippen LogP contribution in [0.2, 0.25) is 0 Å². The molecule has 4 rings (SSSR count). The Hall–Kier alpha value is -2.42. The first-order valence-corrected chi connectivity index (χ1v) is 9.61. The summed E-state index contributed by atoms with van der Waals surface area (Å²) in [7, 11) is 0. The minimum absolute atomic E-state index is 0.0533. The number of carboxylic acid groups (broad SMARTS) is 1. The van der Waals surface area contributed by atoms with E-state index >= 15 is 0 Å². The van der Waals surface area contributed by atoms with E-state index in [9.17, 15) is 19.1 Å². The van der Waals surface area contributed by atoms with Gasteiger partial charge >= 0.3 is 6.09 Å². The van der Waals surface area contributed by atoms with Gasteiger partial charge in [0.15, 0.2) is 0 Å². The summed E-state index contributed by atoms with van der Waals surface area (Å²) in [6.45, 7) is 5.17. The maximum Gasteiger partial charge on any atom is 0.408 e. The lowest BCUT2D eigenvalue weighted by atomic mass is 9.71. The third-order valence-electron chi connectivity index (χ3n) is 5.51. The summed E-state index contributed by atoms with van der Waals surface area (Å²) in [6, 6.07) is 5.28. The van der Waals surface area contributed by atoms with E-state index < -0.39 is 28.8 Å². The van der Waals surface area contributed by atoms with E-state index in [2.05, 4.69) is 25.9 Å². The number of aromatic nitrogens is 2. The Morgan fingerprint density at radius 3 is 2.82 bits per heavy atom. The van der Waals surface area contributed by atoms with E-state index in [0.717, 1.165) is 9.37 Å². The molecule has 1 aromatic carbocycles. The van der Waals surface area contributed by atoms with E-state index in [4.69, 9.17) is 4.42 Å². The average molecular weight is 452 g/mol. The molecule has 1 saturated heterocycles. The first-order chi connectivity index (χ1) is 13.0. The van der Waals surface area contributed by atoms with Crippen LogP contribution in [0.25, 0.3) is 22.1 Å². The van der Waals surface area contributed by atoms with Gasteiger partial charge in [0.1, 0.15) is 28.6 Å². The molecule has 1 aliphatic heterocycles. The smallest absolute Gasteiger partial charge is 0.408 e. The highest BCUT2D eigenvalue weighted by Crippen LogP contribution is 2.51. The van der Waals surface area contributed by atoms with Crippen molar-refractivity contribution in [2.45, 2.75) is 38.9 Å². The van der Waals surface area contributed by atoms with Crippen LogP contribution in [0.15, 0.2) is 31.9 Å². The standard InChI is InChI=1S/C19H19BrFN3O4/c1-18(2,3)19(7-10(21)8-24(19)17(26)27)16-22-13-11-6-9(20)4-5-12(11)28-14(13)15(25)23-16/h4-6,10H,7-8H2,1-3H3,(H,26,27)(H,22,23,25)/t10-,19+/m0/s1. The van der Waals surface area contributed by atoms with Crippen LogP contribution >= 0.6 is 15.9 Å². The molecule has 148 valence electrons. The van der Waals surface area contributed by atoms with Crippen molar-refractivity contribution in [3.63, 3.8) is 0 Å². The number of furan rings is 1. The Kier molecular flexibility index (Phi) is 4.08. The number of hydrogen-bond acceptors (Lipinski definition) is 4. The van der Waals surface area contributed by atoms with Crippen molar-refractivity contribution >= 4 is 44.1 Å². The van der Waals surface area contributed by atoms with Crippen molar-refractivity contribution in [2.24, 2.45) is 5.41 Å². The largest absolute Gasteiger partial charge is 0.465 e. The van der Waals surface area contributed by atoms with Crippen molar-refractivity contribution in [3.8, 4) is 0 Å². The highest BCUT2D eigenvalue weighted by Gasteiger charge is 2.58. The van der Waals surface area contributed by atoms with Gasteiger partial charge in [-0.2, -0.15) is 0 Å². The molecule has 2 aromatic heterocycles. The second kappa shape index (κ2) is 6.04. The summed E-state index contributed by atoms with van der Waals surface area (Å²) in [5, 5.41) is 10.4. The van der Waals surface area contributed by atoms with Crippen molar-refractivity contribution in [3.05, 3.63) is 38.9 Å². The van der Waals surface area contributed by atoms with Gasteiger partial charge in [0.2, 0.25) is 5.58 Å². The molecule has 3 aromatic rings. The second-order valence-electron chi connectivity index (χ2n) is 8.14. The third kappa shape index (κ3) is 2.56. The summed E-state index contributed by atoms with van der Waals surface area (Å²) < 4.78 is 20.9. The fraction of sp³-hybridized carbons (Fsp3) is 0.421. The molecule has 0 bridgehead atoms. The van der Waals surface area contributed by atoms with Crippen LogP contribution in [0.4, 0.5) is 9.18 Å². The molecule has 1 aliphatic rings.